The smallest absolute Gasteiger partial charge is 0.230 e. The van der Waals surface area contributed by atoms with Crippen molar-refractivity contribution >= 4 is 17.2 Å². The van der Waals surface area contributed by atoms with Gasteiger partial charge in [-0.2, -0.15) is 0 Å². The van der Waals surface area contributed by atoms with Gasteiger partial charge in [0.15, 0.2) is 0 Å². The maximum absolute atomic E-state index is 13.1. The summed E-state index contributed by atoms with van der Waals surface area (Å²) < 4.78 is 7.85. The van der Waals surface area contributed by atoms with Crippen molar-refractivity contribution in [1.82, 2.24) is 9.38 Å². The predicted molar refractivity (Wildman–Crippen MR) is 140 cm³/mol. The molecule has 0 bridgehead atoms. The lowest BCUT2D eigenvalue weighted by atomic mass is 10.0. The van der Waals surface area contributed by atoms with Gasteiger partial charge in [-0.05, 0) is 92.1 Å². The highest BCUT2D eigenvalue weighted by Crippen LogP contribution is 2.28. The molecular formula is C30H27N3O2. The van der Waals surface area contributed by atoms with Crippen LogP contribution in [0.25, 0.3) is 16.9 Å². The number of fused-ring (bicyclic) bond motifs is 1. The predicted octanol–water partition coefficient (Wildman–Crippen LogP) is 6.90. The van der Waals surface area contributed by atoms with E-state index in [1.165, 1.54) is 11.1 Å². The van der Waals surface area contributed by atoms with Gasteiger partial charge in [0.2, 0.25) is 5.91 Å². The van der Waals surface area contributed by atoms with Crippen molar-refractivity contribution in [3.63, 3.8) is 0 Å². The van der Waals surface area contributed by atoms with Crippen LogP contribution in [0, 0.1) is 20.8 Å². The molecule has 0 aliphatic rings. The number of hydrogen-bond donors (Lipinski definition) is 1. The fraction of sp³-hybridized carbons (Fsp3) is 0.133. The molecule has 5 nitrogen and oxygen atoms in total. The van der Waals surface area contributed by atoms with Crippen molar-refractivity contribution in [3.05, 3.63) is 114 Å². The first-order chi connectivity index (χ1) is 17.0. The van der Waals surface area contributed by atoms with Crippen molar-refractivity contribution in [2.75, 3.05) is 5.32 Å². The molecule has 0 unspecified atom stereocenters. The number of nitrogens with one attached hydrogen (secondary N) is 1. The Labute approximate surface area is 205 Å². The molecule has 5 aromatic rings. The fourth-order valence-corrected chi connectivity index (χ4v) is 4.07. The molecule has 35 heavy (non-hydrogen) atoms. The van der Waals surface area contributed by atoms with Gasteiger partial charge in [0.1, 0.15) is 17.1 Å². The van der Waals surface area contributed by atoms with Gasteiger partial charge in [-0.3, -0.25) is 4.79 Å². The van der Waals surface area contributed by atoms with E-state index in [4.69, 9.17) is 9.72 Å². The summed E-state index contributed by atoms with van der Waals surface area (Å²) in [6, 6.07) is 27.4. The van der Waals surface area contributed by atoms with Gasteiger partial charge in [0, 0.05) is 17.4 Å². The fourth-order valence-electron chi connectivity index (χ4n) is 4.07. The lowest BCUT2D eigenvalue weighted by Crippen LogP contribution is -2.16. The van der Waals surface area contributed by atoms with Gasteiger partial charge < -0.3 is 14.5 Å². The number of para-hydroxylation sites is 1. The van der Waals surface area contributed by atoms with Crippen molar-refractivity contribution in [3.8, 4) is 22.8 Å². The molecule has 0 spiro atoms. The van der Waals surface area contributed by atoms with Crippen LogP contribution in [0.1, 0.15) is 22.4 Å². The van der Waals surface area contributed by atoms with Crippen LogP contribution >= 0.6 is 0 Å². The number of amides is 1. The minimum absolute atomic E-state index is 0.103. The zero-order valence-electron chi connectivity index (χ0n) is 20.1. The number of ether oxygens (including phenoxy) is 1. The highest BCUT2D eigenvalue weighted by Gasteiger charge is 2.18. The molecule has 0 radical (unpaired) electrons. The van der Waals surface area contributed by atoms with Crippen molar-refractivity contribution in [2.24, 2.45) is 0 Å². The summed E-state index contributed by atoms with van der Waals surface area (Å²) in [6.45, 7) is 6.23. The summed E-state index contributed by atoms with van der Waals surface area (Å²) in [5, 5.41) is 3.01. The van der Waals surface area contributed by atoms with E-state index < -0.39 is 0 Å². The maximum atomic E-state index is 13.1. The zero-order chi connectivity index (χ0) is 24.4. The van der Waals surface area contributed by atoms with Crippen molar-refractivity contribution < 1.29 is 9.53 Å². The molecule has 5 rings (SSSR count). The van der Waals surface area contributed by atoms with E-state index in [9.17, 15) is 4.79 Å². The molecule has 1 N–H and O–H groups in total. The lowest BCUT2D eigenvalue weighted by molar-refractivity contribution is -0.115. The SMILES string of the molecule is Cc1ccn2c(CC(=O)Nc3ccc(Oc4ccccc4)cc3)c(-c3ccc(C)c(C)c3)nc2c1. The first kappa shape index (κ1) is 22.4. The molecule has 0 saturated heterocycles. The Bertz CT molecular complexity index is 1500. The van der Waals surface area contributed by atoms with E-state index in [0.29, 0.717) is 11.4 Å². The van der Waals surface area contributed by atoms with Gasteiger partial charge in [0.05, 0.1) is 17.8 Å². The van der Waals surface area contributed by atoms with E-state index in [1.54, 1.807) is 0 Å². The van der Waals surface area contributed by atoms with Gasteiger partial charge in [-0.25, -0.2) is 4.98 Å². The number of anilines is 1. The van der Waals surface area contributed by atoms with Crippen LogP contribution in [-0.2, 0) is 11.2 Å². The van der Waals surface area contributed by atoms with E-state index in [-0.39, 0.29) is 12.3 Å². The summed E-state index contributed by atoms with van der Waals surface area (Å²) in [7, 11) is 0. The van der Waals surface area contributed by atoms with Crippen molar-refractivity contribution in [1.29, 1.82) is 0 Å². The maximum Gasteiger partial charge on any atom is 0.230 e. The quantitative estimate of drug-likeness (QED) is 0.299. The van der Waals surface area contributed by atoms with E-state index >= 15 is 0 Å². The Hall–Kier alpha value is -4.38. The Morgan fingerprint density at radius 1 is 0.857 bits per heavy atom. The van der Waals surface area contributed by atoms with Gasteiger partial charge in [0.25, 0.3) is 0 Å². The third-order valence-corrected chi connectivity index (χ3v) is 6.11. The number of aryl methyl sites for hydroxylation is 3. The normalized spacial score (nSPS) is 10.9. The largest absolute Gasteiger partial charge is 0.457 e. The number of carbonyl (C=O) groups excluding carboxylic acids is 1. The molecular weight excluding hydrogens is 434 g/mol. The Morgan fingerprint density at radius 3 is 2.34 bits per heavy atom. The zero-order valence-corrected chi connectivity index (χ0v) is 20.1. The number of aromatic nitrogens is 2. The number of benzene rings is 3. The van der Waals surface area contributed by atoms with E-state index in [0.717, 1.165) is 33.9 Å². The number of rotatable bonds is 6. The Kier molecular flexibility index (Phi) is 6.06. The summed E-state index contributed by atoms with van der Waals surface area (Å²) in [6.07, 6.45) is 2.19. The third-order valence-electron chi connectivity index (χ3n) is 6.11. The second-order valence-corrected chi connectivity index (χ2v) is 8.80. The van der Waals surface area contributed by atoms with Gasteiger partial charge >= 0.3 is 0 Å². The molecule has 174 valence electrons. The van der Waals surface area contributed by atoms with Crippen LogP contribution in [-0.4, -0.2) is 15.3 Å². The molecule has 0 aliphatic carbocycles. The molecule has 0 aliphatic heterocycles. The lowest BCUT2D eigenvalue weighted by Gasteiger charge is -2.10. The minimum Gasteiger partial charge on any atom is -0.457 e. The number of nitrogens with zero attached hydrogens (tertiary/aromatic N) is 2. The number of hydrogen-bond acceptors (Lipinski definition) is 3. The highest BCUT2D eigenvalue weighted by atomic mass is 16.5. The number of imidazole rings is 1. The van der Waals surface area contributed by atoms with Crippen molar-refractivity contribution in [2.45, 2.75) is 27.2 Å². The summed E-state index contributed by atoms with van der Waals surface area (Å²) in [4.78, 5) is 18.0. The van der Waals surface area contributed by atoms with Crippen LogP contribution in [0.5, 0.6) is 11.5 Å². The van der Waals surface area contributed by atoms with Gasteiger partial charge in [-0.1, -0.05) is 30.3 Å². The molecule has 1 amide bonds. The van der Waals surface area contributed by atoms with Crippen LogP contribution in [0.2, 0.25) is 0 Å². The topological polar surface area (TPSA) is 55.6 Å². The van der Waals surface area contributed by atoms with Gasteiger partial charge in [-0.15, -0.1) is 0 Å². The molecule has 2 heterocycles. The number of pyridine rings is 1. The minimum atomic E-state index is -0.103. The summed E-state index contributed by atoms with van der Waals surface area (Å²) in [5.74, 6) is 1.38. The Morgan fingerprint density at radius 2 is 1.60 bits per heavy atom. The van der Waals surface area contributed by atoms with Crippen LogP contribution in [0.15, 0.2) is 91.1 Å². The second kappa shape index (κ2) is 9.47. The third kappa shape index (κ3) is 4.94. The summed E-state index contributed by atoms with van der Waals surface area (Å²) in [5.41, 5.74) is 7.82. The second-order valence-electron chi connectivity index (χ2n) is 8.80. The Balaban J connectivity index is 1.38. The average Bonchev–Trinajstić information content (AvgIpc) is 3.19. The molecule has 5 heteroatoms. The highest BCUT2D eigenvalue weighted by molar-refractivity contribution is 5.93. The molecule has 0 atom stereocenters. The first-order valence-electron chi connectivity index (χ1n) is 11.6. The summed E-state index contributed by atoms with van der Waals surface area (Å²) >= 11 is 0. The monoisotopic (exact) mass is 461 g/mol. The van der Waals surface area contributed by atoms with E-state index in [1.807, 2.05) is 84.3 Å². The average molecular weight is 462 g/mol. The van der Waals surface area contributed by atoms with Crippen LogP contribution in [0.3, 0.4) is 0 Å². The molecule has 2 aromatic heterocycles. The molecule has 0 fully saturated rings. The first-order valence-corrected chi connectivity index (χ1v) is 11.6. The number of carbonyl (C=O) groups is 1. The van der Waals surface area contributed by atoms with Crippen LogP contribution in [0.4, 0.5) is 5.69 Å². The molecule has 3 aromatic carbocycles. The standard InChI is InChI=1S/C30H27N3O2/c1-20-15-16-33-27(30(32-28(33)17-20)23-10-9-21(2)22(3)18-23)19-29(34)31-24-11-13-26(14-12-24)35-25-7-5-4-6-8-25/h4-18H,19H2,1-3H3,(H,31,34). The van der Waals surface area contributed by atoms with Crippen LogP contribution < -0.4 is 10.1 Å². The molecule has 0 saturated carbocycles. The van der Waals surface area contributed by atoms with E-state index in [2.05, 4.69) is 37.4 Å².